The standard InChI is InChI=1S/C15H11BrCl2O/c1-9-5-6-10(13(17)7-9)8-14(19)11-3-2-4-12(16)15(11)18/h2-7H,8H2,1H3. The van der Waals surface area contributed by atoms with E-state index in [1.54, 1.807) is 18.2 Å². The molecule has 0 aliphatic rings. The van der Waals surface area contributed by atoms with Gasteiger partial charge in [0, 0.05) is 21.5 Å². The van der Waals surface area contributed by atoms with Gasteiger partial charge in [-0.3, -0.25) is 4.79 Å². The number of halogens is 3. The zero-order valence-corrected chi connectivity index (χ0v) is 13.3. The average molecular weight is 358 g/mol. The van der Waals surface area contributed by atoms with E-state index in [1.165, 1.54) is 0 Å². The number of benzene rings is 2. The molecule has 0 fully saturated rings. The van der Waals surface area contributed by atoms with Gasteiger partial charge in [-0.05, 0) is 52.2 Å². The topological polar surface area (TPSA) is 17.1 Å². The molecule has 0 saturated heterocycles. The molecule has 2 rings (SSSR count). The monoisotopic (exact) mass is 356 g/mol. The van der Waals surface area contributed by atoms with Crippen LogP contribution in [0.2, 0.25) is 10.0 Å². The van der Waals surface area contributed by atoms with Crippen molar-refractivity contribution in [3.05, 3.63) is 67.6 Å². The Labute approximate surface area is 130 Å². The summed E-state index contributed by atoms with van der Waals surface area (Å²) >= 11 is 15.6. The Hall–Kier alpha value is -0.830. The predicted octanol–water partition coefficient (Wildman–Crippen LogP) is 5.49. The molecule has 0 amide bonds. The molecule has 0 radical (unpaired) electrons. The molecule has 0 atom stereocenters. The van der Waals surface area contributed by atoms with Crippen LogP contribution in [0, 0.1) is 6.92 Å². The van der Waals surface area contributed by atoms with Gasteiger partial charge >= 0.3 is 0 Å². The summed E-state index contributed by atoms with van der Waals surface area (Å²) in [6, 6.07) is 11.0. The third-order valence-electron chi connectivity index (χ3n) is 2.81. The minimum atomic E-state index is -0.0444. The van der Waals surface area contributed by atoms with Gasteiger partial charge in [-0.1, -0.05) is 41.4 Å². The highest BCUT2D eigenvalue weighted by atomic mass is 79.9. The summed E-state index contributed by atoms with van der Waals surface area (Å²) in [7, 11) is 0. The van der Waals surface area contributed by atoms with Gasteiger partial charge in [-0.25, -0.2) is 0 Å². The quantitative estimate of drug-likeness (QED) is 0.664. The maximum atomic E-state index is 12.3. The fourth-order valence-electron chi connectivity index (χ4n) is 1.78. The second-order valence-electron chi connectivity index (χ2n) is 4.30. The molecule has 0 aliphatic carbocycles. The van der Waals surface area contributed by atoms with Crippen molar-refractivity contribution in [3.8, 4) is 0 Å². The lowest BCUT2D eigenvalue weighted by molar-refractivity contribution is 0.0993. The van der Waals surface area contributed by atoms with E-state index in [0.717, 1.165) is 15.6 Å². The molecule has 0 heterocycles. The highest BCUT2D eigenvalue weighted by Crippen LogP contribution is 2.28. The molecular weight excluding hydrogens is 347 g/mol. The van der Waals surface area contributed by atoms with Crippen molar-refractivity contribution in [2.45, 2.75) is 13.3 Å². The van der Waals surface area contributed by atoms with Crippen LogP contribution in [0.5, 0.6) is 0 Å². The Morgan fingerprint density at radius 1 is 1.21 bits per heavy atom. The van der Waals surface area contributed by atoms with Crippen molar-refractivity contribution in [2.75, 3.05) is 0 Å². The van der Waals surface area contributed by atoms with Gasteiger partial charge in [0.25, 0.3) is 0 Å². The van der Waals surface area contributed by atoms with Gasteiger partial charge in [0.2, 0.25) is 0 Å². The van der Waals surface area contributed by atoms with E-state index in [2.05, 4.69) is 15.9 Å². The number of hydrogen-bond donors (Lipinski definition) is 0. The van der Waals surface area contributed by atoms with Crippen LogP contribution in [0.25, 0.3) is 0 Å². The largest absolute Gasteiger partial charge is 0.294 e. The van der Waals surface area contributed by atoms with Crippen LogP contribution in [0.3, 0.4) is 0 Å². The minimum absolute atomic E-state index is 0.0444. The lowest BCUT2D eigenvalue weighted by Crippen LogP contribution is -2.05. The normalized spacial score (nSPS) is 10.5. The van der Waals surface area contributed by atoms with Crippen LogP contribution < -0.4 is 0 Å². The van der Waals surface area contributed by atoms with Crippen molar-refractivity contribution >= 4 is 44.9 Å². The molecule has 1 nitrogen and oxygen atoms in total. The number of ketones is 1. The molecule has 2 aromatic carbocycles. The fraction of sp³-hybridized carbons (Fsp3) is 0.133. The maximum Gasteiger partial charge on any atom is 0.168 e. The number of rotatable bonds is 3. The first-order valence-corrected chi connectivity index (χ1v) is 7.26. The van der Waals surface area contributed by atoms with Crippen LogP contribution in [-0.2, 0) is 6.42 Å². The molecule has 0 unspecified atom stereocenters. The summed E-state index contributed by atoms with van der Waals surface area (Å²) in [5, 5.41) is 1.05. The Bertz CT molecular complexity index is 638. The molecule has 19 heavy (non-hydrogen) atoms. The Kier molecular flexibility index (Phi) is 4.67. The average Bonchev–Trinajstić information content (AvgIpc) is 2.36. The molecule has 0 aromatic heterocycles. The van der Waals surface area contributed by atoms with Crippen LogP contribution in [0.4, 0.5) is 0 Å². The van der Waals surface area contributed by atoms with Crippen molar-refractivity contribution in [2.24, 2.45) is 0 Å². The highest BCUT2D eigenvalue weighted by molar-refractivity contribution is 9.10. The van der Waals surface area contributed by atoms with E-state index in [0.29, 0.717) is 15.6 Å². The molecule has 4 heteroatoms. The van der Waals surface area contributed by atoms with Crippen molar-refractivity contribution < 1.29 is 4.79 Å². The Morgan fingerprint density at radius 2 is 1.95 bits per heavy atom. The zero-order chi connectivity index (χ0) is 14.0. The number of carbonyl (C=O) groups excluding carboxylic acids is 1. The molecule has 0 N–H and O–H groups in total. The third-order valence-corrected chi connectivity index (χ3v) is 4.46. The smallest absolute Gasteiger partial charge is 0.168 e. The SMILES string of the molecule is Cc1ccc(CC(=O)c2cccc(Br)c2Cl)c(Cl)c1. The van der Waals surface area contributed by atoms with Gasteiger partial charge in [0.15, 0.2) is 5.78 Å². The first kappa shape index (κ1) is 14.6. The van der Waals surface area contributed by atoms with Gasteiger partial charge in [0.1, 0.15) is 0 Å². The molecule has 0 saturated carbocycles. The van der Waals surface area contributed by atoms with Crippen molar-refractivity contribution in [1.29, 1.82) is 0 Å². The highest BCUT2D eigenvalue weighted by Gasteiger charge is 2.14. The van der Waals surface area contributed by atoms with E-state index >= 15 is 0 Å². The third kappa shape index (κ3) is 3.38. The summed E-state index contributed by atoms with van der Waals surface area (Å²) in [5.41, 5.74) is 2.39. The first-order chi connectivity index (χ1) is 8.99. The Balaban J connectivity index is 2.28. The maximum absolute atomic E-state index is 12.3. The van der Waals surface area contributed by atoms with Crippen LogP contribution in [0.1, 0.15) is 21.5 Å². The number of aryl methyl sites for hydroxylation is 1. The second-order valence-corrected chi connectivity index (χ2v) is 5.94. The summed E-state index contributed by atoms with van der Waals surface area (Å²) in [6.07, 6.45) is 0.245. The van der Waals surface area contributed by atoms with E-state index in [4.69, 9.17) is 23.2 Å². The summed E-state index contributed by atoms with van der Waals surface area (Å²) < 4.78 is 0.718. The van der Waals surface area contributed by atoms with Crippen LogP contribution in [-0.4, -0.2) is 5.78 Å². The fourth-order valence-corrected chi connectivity index (χ4v) is 2.68. The predicted molar refractivity (Wildman–Crippen MR) is 83.4 cm³/mol. The summed E-state index contributed by atoms with van der Waals surface area (Å²) in [4.78, 5) is 12.3. The first-order valence-electron chi connectivity index (χ1n) is 5.71. The van der Waals surface area contributed by atoms with E-state index in [-0.39, 0.29) is 12.2 Å². The number of hydrogen-bond acceptors (Lipinski definition) is 1. The molecule has 2 aromatic rings. The van der Waals surface area contributed by atoms with E-state index in [1.807, 2.05) is 25.1 Å². The van der Waals surface area contributed by atoms with Crippen LogP contribution in [0.15, 0.2) is 40.9 Å². The number of carbonyl (C=O) groups is 1. The summed E-state index contributed by atoms with van der Waals surface area (Å²) in [6.45, 7) is 1.96. The van der Waals surface area contributed by atoms with Gasteiger partial charge in [-0.2, -0.15) is 0 Å². The molecule has 0 bridgehead atoms. The molecule has 0 spiro atoms. The van der Waals surface area contributed by atoms with Crippen molar-refractivity contribution in [3.63, 3.8) is 0 Å². The summed E-state index contributed by atoms with van der Waals surface area (Å²) in [5.74, 6) is -0.0444. The lowest BCUT2D eigenvalue weighted by Gasteiger charge is -2.07. The lowest BCUT2D eigenvalue weighted by atomic mass is 10.0. The number of Topliss-reactive ketones (excluding diaryl/α,β-unsaturated/α-hetero) is 1. The molecule has 98 valence electrons. The van der Waals surface area contributed by atoms with Crippen molar-refractivity contribution in [1.82, 2.24) is 0 Å². The van der Waals surface area contributed by atoms with E-state index < -0.39 is 0 Å². The molecule has 0 aliphatic heterocycles. The van der Waals surface area contributed by atoms with Gasteiger partial charge < -0.3 is 0 Å². The van der Waals surface area contributed by atoms with Gasteiger partial charge in [-0.15, -0.1) is 0 Å². The van der Waals surface area contributed by atoms with Gasteiger partial charge in [0.05, 0.1) is 5.02 Å². The Morgan fingerprint density at radius 3 is 2.63 bits per heavy atom. The second kappa shape index (κ2) is 6.08. The zero-order valence-electron chi connectivity index (χ0n) is 10.2. The minimum Gasteiger partial charge on any atom is -0.294 e. The van der Waals surface area contributed by atoms with Crippen LogP contribution >= 0.6 is 39.1 Å². The van der Waals surface area contributed by atoms with E-state index in [9.17, 15) is 4.79 Å². The molecular formula is C15H11BrCl2O.